The number of hydrogen-bond acceptors (Lipinski definition) is 1. The summed E-state index contributed by atoms with van der Waals surface area (Å²) in [6.07, 6.45) is 3.48. The summed E-state index contributed by atoms with van der Waals surface area (Å²) < 4.78 is 5.72. The van der Waals surface area contributed by atoms with Gasteiger partial charge in [-0.1, -0.05) is 67.9 Å². The molecule has 0 aromatic rings. The van der Waals surface area contributed by atoms with E-state index >= 15 is 0 Å². The zero-order valence-corrected chi connectivity index (χ0v) is 15.3. The minimum atomic E-state index is 0.127. The van der Waals surface area contributed by atoms with Crippen molar-refractivity contribution in [3.05, 3.63) is 23.0 Å². The van der Waals surface area contributed by atoms with Crippen molar-refractivity contribution in [2.24, 2.45) is 22.2 Å². The normalized spacial score (nSPS) is 21.3. The van der Waals surface area contributed by atoms with Crippen LogP contribution in [0.2, 0.25) is 0 Å². The topological polar surface area (TPSA) is 9.23 Å². The smallest absolute Gasteiger partial charge is 0.119 e. The first-order valence-electron chi connectivity index (χ1n) is 7.77. The van der Waals surface area contributed by atoms with Crippen LogP contribution in [0.5, 0.6) is 0 Å². The first-order valence-corrected chi connectivity index (χ1v) is 7.77. The molecule has 1 aliphatic carbocycles. The van der Waals surface area contributed by atoms with Gasteiger partial charge in [0.25, 0.3) is 0 Å². The number of ether oxygens (including phenoxy) is 1. The minimum absolute atomic E-state index is 0.127. The molecule has 1 rings (SSSR count). The van der Waals surface area contributed by atoms with Crippen molar-refractivity contribution in [2.75, 3.05) is 7.11 Å². The van der Waals surface area contributed by atoms with Gasteiger partial charge in [0, 0.05) is 5.92 Å². The standard InChI is InChI=1S/C19H34O/c1-17(2,3)12-13-14(18(4,5)6)11-15(20-10)16(13)19(7,8)9/h11,14H,12H2,1-10H3. The van der Waals surface area contributed by atoms with Crippen LogP contribution < -0.4 is 0 Å². The van der Waals surface area contributed by atoms with Gasteiger partial charge in [0.2, 0.25) is 0 Å². The molecular weight excluding hydrogens is 244 g/mol. The molecule has 0 saturated heterocycles. The van der Waals surface area contributed by atoms with Crippen molar-refractivity contribution in [3.63, 3.8) is 0 Å². The molecule has 0 fully saturated rings. The Labute approximate surface area is 126 Å². The predicted octanol–water partition coefficient (Wildman–Crippen LogP) is 5.97. The van der Waals surface area contributed by atoms with Gasteiger partial charge in [-0.3, -0.25) is 0 Å². The van der Waals surface area contributed by atoms with Gasteiger partial charge in [-0.2, -0.15) is 0 Å². The van der Waals surface area contributed by atoms with E-state index in [0.29, 0.717) is 11.3 Å². The lowest BCUT2D eigenvalue weighted by atomic mass is 9.70. The number of allylic oxidation sites excluding steroid dienone is 3. The summed E-state index contributed by atoms with van der Waals surface area (Å²) in [7, 11) is 1.80. The van der Waals surface area contributed by atoms with Crippen molar-refractivity contribution in [1.29, 1.82) is 0 Å². The van der Waals surface area contributed by atoms with E-state index < -0.39 is 0 Å². The van der Waals surface area contributed by atoms with E-state index in [4.69, 9.17) is 4.74 Å². The van der Waals surface area contributed by atoms with E-state index in [1.807, 2.05) is 0 Å². The van der Waals surface area contributed by atoms with Crippen molar-refractivity contribution in [1.82, 2.24) is 0 Å². The van der Waals surface area contributed by atoms with Crippen molar-refractivity contribution in [3.8, 4) is 0 Å². The van der Waals surface area contributed by atoms with Gasteiger partial charge in [-0.15, -0.1) is 0 Å². The molecule has 0 aliphatic heterocycles. The molecule has 0 aromatic heterocycles. The van der Waals surface area contributed by atoms with Crippen LogP contribution in [-0.2, 0) is 4.74 Å². The lowest BCUT2D eigenvalue weighted by Crippen LogP contribution is -2.23. The monoisotopic (exact) mass is 278 g/mol. The van der Waals surface area contributed by atoms with Gasteiger partial charge < -0.3 is 4.74 Å². The van der Waals surface area contributed by atoms with E-state index in [9.17, 15) is 0 Å². The fourth-order valence-corrected chi connectivity index (χ4v) is 3.21. The fourth-order valence-electron chi connectivity index (χ4n) is 3.21. The van der Waals surface area contributed by atoms with Crippen LogP contribution in [0.1, 0.15) is 68.7 Å². The maximum Gasteiger partial charge on any atom is 0.119 e. The molecule has 20 heavy (non-hydrogen) atoms. The summed E-state index contributed by atoms with van der Waals surface area (Å²) in [5, 5.41) is 0. The number of rotatable bonds is 2. The Balaban J connectivity index is 3.43. The molecule has 0 spiro atoms. The second kappa shape index (κ2) is 5.24. The summed E-state index contributed by atoms with van der Waals surface area (Å²) in [5.41, 5.74) is 3.66. The zero-order valence-electron chi connectivity index (χ0n) is 15.3. The highest BCUT2D eigenvalue weighted by molar-refractivity contribution is 5.46. The van der Waals surface area contributed by atoms with Gasteiger partial charge >= 0.3 is 0 Å². The Kier molecular flexibility index (Phi) is 4.54. The molecule has 0 radical (unpaired) electrons. The minimum Gasteiger partial charge on any atom is -0.497 e. The van der Waals surface area contributed by atoms with Gasteiger partial charge in [0.05, 0.1) is 7.11 Å². The van der Waals surface area contributed by atoms with Crippen molar-refractivity contribution >= 4 is 0 Å². The van der Waals surface area contributed by atoms with Crippen molar-refractivity contribution < 1.29 is 4.74 Å². The van der Waals surface area contributed by atoms with Crippen molar-refractivity contribution in [2.45, 2.75) is 68.7 Å². The third kappa shape index (κ3) is 3.90. The van der Waals surface area contributed by atoms with Gasteiger partial charge in [0.1, 0.15) is 5.76 Å². The van der Waals surface area contributed by atoms with E-state index in [0.717, 1.165) is 12.2 Å². The molecule has 1 atom stereocenters. The van der Waals surface area contributed by atoms with Gasteiger partial charge in [-0.25, -0.2) is 0 Å². The Morgan fingerprint density at radius 1 is 0.950 bits per heavy atom. The maximum atomic E-state index is 5.72. The molecule has 0 N–H and O–H groups in total. The number of methoxy groups -OCH3 is 1. The second-order valence-corrected chi connectivity index (χ2v) is 9.47. The SMILES string of the molecule is COC1=CC(C(C)(C)C)C(CC(C)(C)C)=C1C(C)(C)C. The van der Waals surface area contributed by atoms with Gasteiger partial charge in [-0.05, 0) is 34.3 Å². The summed E-state index contributed by atoms with van der Waals surface area (Å²) in [6, 6.07) is 0. The lowest BCUT2D eigenvalue weighted by molar-refractivity contribution is 0.281. The average Bonchev–Trinajstić information content (AvgIpc) is 2.52. The highest BCUT2D eigenvalue weighted by Gasteiger charge is 2.39. The van der Waals surface area contributed by atoms with Crippen LogP contribution in [0, 0.1) is 22.2 Å². The first kappa shape index (κ1) is 17.3. The highest BCUT2D eigenvalue weighted by Crippen LogP contribution is 2.50. The molecule has 0 heterocycles. The van der Waals surface area contributed by atoms with Crippen LogP contribution >= 0.6 is 0 Å². The average molecular weight is 278 g/mol. The van der Waals surface area contributed by atoms with E-state index in [-0.39, 0.29) is 10.8 Å². The van der Waals surface area contributed by atoms with E-state index in [2.05, 4.69) is 68.4 Å². The summed E-state index contributed by atoms with van der Waals surface area (Å²) in [4.78, 5) is 0. The van der Waals surface area contributed by atoms with Crippen LogP contribution in [0.25, 0.3) is 0 Å². The molecule has 1 nitrogen and oxygen atoms in total. The Morgan fingerprint density at radius 3 is 1.75 bits per heavy atom. The van der Waals surface area contributed by atoms with Crippen LogP contribution in [0.15, 0.2) is 23.0 Å². The molecule has 0 amide bonds. The molecule has 0 saturated carbocycles. The number of hydrogen-bond donors (Lipinski definition) is 0. The Morgan fingerprint density at radius 2 is 1.45 bits per heavy atom. The third-order valence-corrected chi connectivity index (χ3v) is 3.88. The maximum absolute atomic E-state index is 5.72. The highest BCUT2D eigenvalue weighted by atomic mass is 16.5. The van der Waals surface area contributed by atoms with E-state index in [1.165, 1.54) is 5.57 Å². The first-order chi connectivity index (χ1) is 8.77. The molecule has 116 valence electrons. The summed E-state index contributed by atoms with van der Waals surface area (Å²) in [6.45, 7) is 20.8. The summed E-state index contributed by atoms with van der Waals surface area (Å²) >= 11 is 0. The lowest BCUT2D eigenvalue weighted by Gasteiger charge is -2.34. The quantitative estimate of drug-likeness (QED) is 0.604. The van der Waals surface area contributed by atoms with Crippen LogP contribution in [0.4, 0.5) is 0 Å². The van der Waals surface area contributed by atoms with Crippen LogP contribution in [0.3, 0.4) is 0 Å². The zero-order chi connectivity index (χ0) is 15.9. The van der Waals surface area contributed by atoms with Crippen LogP contribution in [-0.4, -0.2) is 7.11 Å². The molecule has 0 bridgehead atoms. The van der Waals surface area contributed by atoms with Gasteiger partial charge in [0.15, 0.2) is 0 Å². The Hall–Kier alpha value is -0.720. The molecule has 1 heteroatoms. The molecular formula is C19H34O. The summed E-state index contributed by atoms with van der Waals surface area (Å²) in [5.74, 6) is 1.57. The second-order valence-electron chi connectivity index (χ2n) is 9.47. The third-order valence-electron chi connectivity index (χ3n) is 3.88. The fraction of sp³-hybridized carbons (Fsp3) is 0.789. The molecule has 0 aromatic carbocycles. The molecule has 1 aliphatic rings. The van der Waals surface area contributed by atoms with E-state index in [1.54, 1.807) is 12.7 Å². The predicted molar refractivity (Wildman–Crippen MR) is 88.6 cm³/mol. The Bertz CT molecular complexity index is 416. The largest absolute Gasteiger partial charge is 0.497 e. The molecule has 1 unspecified atom stereocenters.